The van der Waals surface area contributed by atoms with Crippen LogP contribution < -0.4 is 4.90 Å². The van der Waals surface area contributed by atoms with E-state index in [2.05, 4.69) is 0 Å². The summed E-state index contributed by atoms with van der Waals surface area (Å²) in [4.78, 5) is 28.3. The van der Waals surface area contributed by atoms with Gasteiger partial charge in [0.2, 0.25) is 11.8 Å². The lowest BCUT2D eigenvalue weighted by Gasteiger charge is -2.32. The maximum Gasteiger partial charge on any atom is 0.241 e. The Labute approximate surface area is 121 Å². The summed E-state index contributed by atoms with van der Waals surface area (Å²) in [7, 11) is 1.70. The number of anilines is 1. The number of benzene rings is 1. The molecule has 110 valence electrons. The Morgan fingerprint density at radius 3 is 1.95 bits per heavy atom. The van der Waals surface area contributed by atoms with Crippen LogP contribution in [0.3, 0.4) is 0 Å². The van der Waals surface area contributed by atoms with Gasteiger partial charge in [0.15, 0.2) is 0 Å². The van der Waals surface area contributed by atoms with E-state index in [1.165, 1.54) is 0 Å². The van der Waals surface area contributed by atoms with E-state index in [1.807, 2.05) is 44.2 Å². The van der Waals surface area contributed by atoms with Crippen molar-refractivity contribution >= 4 is 17.5 Å². The van der Waals surface area contributed by atoms with Crippen molar-refractivity contribution in [2.24, 2.45) is 5.41 Å². The number of nitrogens with zero attached hydrogens (tertiary/aromatic N) is 2. The zero-order chi connectivity index (χ0) is 15.3. The van der Waals surface area contributed by atoms with E-state index in [0.717, 1.165) is 5.69 Å². The third-order valence-corrected chi connectivity index (χ3v) is 3.57. The molecule has 0 saturated heterocycles. The van der Waals surface area contributed by atoms with E-state index < -0.39 is 5.41 Å². The zero-order valence-electron chi connectivity index (χ0n) is 13.0. The van der Waals surface area contributed by atoms with Gasteiger partial charge in [-0.1, -0.05) is 18.2 Å². The summed E-state index contributed by atoms with van der Waals surface area (Å²) >= 11 is 0. The van der Waals surface area contributed by atoms with Crippen molar-refractivity contribution in [3.63, 3.8) is 0 Å². The van der Waals surface area contributed by atoms with Crippen molar-refractivity contribution in [1.82, 2.24) is 4.90 Å². The predicted octanol–water partition coefficient (Wildman–Crippen LogP) is 2.54. The topological polar surface area (TPSA) is 40.6 Å². The molecule has 4 heteroatoms. The molecular formula is C16H24N2O2. The van der Waals surface area contributed by atoms with Gasteiger partial charge in [0.25, 0.3) is 0 Å². The molecule has 2 amide bonds. The van der Waals surface area contributed by atoms with E-state index in [1.54, 1.807) is 30.7 Å². The quantitative estimate of drug-likeness (QED) is 0.775. The molecule has 1 aromatic carbocycles. The van der Waals surface area contributed by atoms with Gasteiger partial charge in [-0.05, 0) is 39.8 Å². The molecule has 20 heavy (non-hydrogen) atoms. The fourth-order valence-corrected chi connectivity index (χ4v) is 2.19. The molecule has 0 unspecified atom stereocenters. The van der Waals surface area contributed by atoms with Crippen LogP contribution in [0.2, 0.25) is 0 Å². The third kappa shape index (κ3) is 3.18. The largest absolute Gasteiger partial charge is 0.342 e. The molecule has 0 bridgehead atoms. The summed E-state index contributed by atoms with van der Waals surface area (Å²) in [6.45, 7) is 8.44. The van der Waals surface area contributed by atoms with Crippen LogP contribution in [-0.2, 0) is 9.59 Å². The highest BCUT2D eigenvalue weighted by Crippen LogP contribution is 2.25. The molecule has 1 aromatic rings. The molecule has 0 radical (unpaired) electrons. The standard InChI is InChI=1S/C16H24N2O2/c1-6-18(7-2)15(20)16(3,4)14(19)17(5)13-11-9-8-10-12-13/h8-12H,6-7H2,1-5H3. The number of amides is 2. The first kappa shape index (κ1) is 16.2. The molecule has 0 saturated carbocycles. The molecule has 4 nitrogen and oxygen atoms in total. The van der Waals surface area contributed by atoms with Crippen LogP contribution in [-0.4, -0.2) is 36.9 Å². The number of hydrogen-bond acceptors (Lipinski definition) is 2. The summed E-state index contributed by atoms with van der Waals surface area (Å²) in [6, 6.07) is 9.36. The molecular weight excluding hydrogens is 252 g/mol. The number of para-hydroxylation sites is 1. The molecule has 0 aromatic heterocycles. The first-order valence-electron chi connectivity index (χ1n) is 6.98. The van der Waals surface area contributed by atoms with Crippen LogP contribution in [0.4, 0.5) is 5.69 Å². The smallest absolute Gasteiger partial charge is 0.241 e. The average molecular weight is 276 g/mol. The van der Waals surface area contributed by atoms with Crippen molar-refractivity contribution in [2.75, 3.05) is 25.0 Å². The Bertz CT molecular complexity index is 465. The van der Waals surface area contributed by atoms with Crippen LogP contribution in [0, 0.1) is 5.41 Å². The Balaban J connectivity index is 2.97. The molecule has 0 spiro atoms. The second kappa shape index (κ2) is 6.55. The van der Waals surface area contributed by atoms with E-state index in [-0.39, 0.29) is 11.8 Å². The van der Waals surface area contributed by atoms with Gasteiger partial charge in [0.05, 0.1) is 0 Å². The molecule has 0 N–H and O–H groups in total. The molecule has 0 fully saturated rings. The van der Waals surface area contributed by atoms with Crippen molar-refractivity contribution in [3.8, 4) is 0 Å². The minimum Gasteiger partial charge on any atom is -0.342 e. The SMILES string of the molecule is CCN(CC)C(=O)C(C)(C)C(=O)N(C)c1ccccc1. The van der Waals surface area contributed by atoms with Gasteiger partial charge < -0.3 is 9.80 Å². The molecule has 0 atom stereocenters. The average Bonchev–Trinajstić information content (AvgIpc) is 2.47. The summed E-state index contributed by atoms with van der Waals surface area (Å²) < 4.78 is 0. The predicted molar refractivity (Wildman–Crippen MR) is 81.6 cm³/mol. The van der Waals surface area contributed by atoms with Crippen molar-refractivity contribution in [2.45, 2.75) is 27.7 Å². The highest BCUT2D eigenvalue weighted by atomic mass is 16.2. The number of rotatable bonds is 5. The van der Waals surface area contributed by atoms with Gasteiger partial charge in [0.1, 0.15) is 5.41 Å². The summed E-state index contributed by atoms with van der Waals surface area (Å²) in [5.41, 5.74) is -0.269. The maximum absolute atomic E-state index is 12.6. The summed E-state index contributed by atoms with van der Waals surface area (Å²) in [5.74, 6) is -0.323. The monoisotopic (exact) mass is 276 g/mol. The van der Waals surface area contributed by atoms with Gasteiger partial charge in [-0.15, -0.1) is 0 Å². The fourth-order valence-electron chi connectivity index (χ4n) is 2.19. The van der Waals surface area contributed by atoms with E-state index in [4.69, 9.17) is 0 Å². The molecule has 0 aliphatic heterocycles. The molecule has 0 aliphatic rings. The van der Waals surface area contributed by atoms with E-state index in [9.17, 15) is 9.59 Å². The normalized spacial score (nSPS) is 11.1. The Kier molecular flexibility index (Phi) is 5.31. The van der Waals surface area contributed by atoms with Crippen molar-refractivity contribution in [3.05, 3.63) is 30.3 Å². The van der Waals surface area contributed by atoms with Gasteiger partial charge in [-0.3, -0.25) is 9.59 Å². The van der Waals surface area contributed by atoms with Gasteiger partial charge in [0, 0.05) is 25.8 Å². The second-order valence-electron chi connectivity index (χ2n) is 5.30. The van der Waals surface area contributed by atoms with Crippen LogP contribution in [0.25, 0.3) is 0 Å². The Hall–Kier alpha value is -1.84. The zero-order valence-corrected chi connectivity index (χ0v) is 13.0. The fraction of sp³-hybridized carbons (Fsp3) is 0.500. The molecule has 1 rings (SSSR count). The van der Waals surface area contributed by atoms with Crippen LogP contribution in [0.15, 0.2) is 30.3 Å². The van der Waals surface area contributed by atoms with Crippen LogP contribution in [0.5, 0.6) is 0 Å². The lowest BCUT2D eigenvalue weighted by molar-refractivity contribution is -0.147. The third-order valence-electron chi connectivity index (χ3n) is 3.57. The Morgan fingerprint density at radius 1 is 1.00 bits per heavy atom. The lowest BCUT2D eigenvalue weighted by atomic mass is 9.89. The highest BCUT2D eigenvalue weighted by molar-refractivity contribution is 6.10. The minimum absolute atomic E-state index is 0.129. The number of carbonyl (C=O) groups is 2. The van der Waals surface area contributed by atoms with E-state index in [0.29, 0.717) is 13.1 Å². The second-order valence-corrected chi connectivity index (χ2v) is 5.30. The van der Waals surface area contributed by atoms with Crippen LogP contribution in [0.1, 0.15) is 27.7 Å². The first-order valence-corrected chi connectivity index (χ1v) is 6.98. The molecule has 0 heterocycles. The first-order chi connectivity index (χ1) is 9.36. The van der Waals surface area contributed by atoms with Crippen molar-refractivity contribution in [1.29, 1.82) is 0 Å². The van der Waals surface area contributed by atoms with Gasteiger partial charge in [-0.2, -0.15) is 0 Å². The number of carbonyl (C=O) groups excluding carboxylic acids is 2. The van der Waals surface area contributed by atoms with Gasteiger partial charge in [-0.25, -0.2) is 0 Å². The molecule has 0 aliphatic carbocycles. The number of hydrogen-bond donors (Lipinski definition) is 0. The highest BCUT2D eigenvalue weighted by Gasteiger charge is 2.40. The maximum atomic E-state index is 12.6. The lowest BCUT2D eigenvalue weighted by Crippen LogP contribution is -2.50. The van der Waals surface area contributed by atoms with Crippen LogP contribution >= 0.6 is 0 Å². The summed E-state index contributed by atoms with van der Waals surface area (Å²) in [6.07, 6.45) is 0. The minimum atomic E-state index is -1.06. The van der Waals surface area contributed by atoms with Crippen molar-refractivity contribution < 1.29 is 9.59 Å². The van der Waals surface area contributed by atoms with Gasteiger partial charge >= 0.3 is 0 Å². The summed E-state index contributed by atoms with van der Waals surface area (Å²) in [5, 5.41) is 0. The van der Waals surface area contributed by atoms with E-state index >= 15 is 0 Å². The Morgan fingerprint density at radius 2 is 1.50 bits per heavy atom.